The second-order valence-corrected chi connectivity index (χ2v) is 10.0. The molecular weight excluding hydrogens is 511 g/mol. The highest BCUT2D eigenvalue weighted by Crippen LogP contribution is 2.28. The quantitative estimate of drug-likeness (QED) is 0.147. The molecule has 0 saturated carbocycles. The fourth-order valence-corrected chi connectivity index (χ4v) is 4.02. The maximum absolute atomic E-state index is 12.3. The average Bonchev–Trinajstić information content (AvgIpc) is 2.79. The maximum Gasteiger partial charge on any atom is 0.573 e. The van der Waals surface area contributed by atoms with Crippen molar-refractivity contribution in [1.82, 2.24) is 0 Å². The summed E-state index contributed by atoms with van der Waals surface area (Å²) >= 11 is 0. The Kier molecular flexibility index (Phi) is 8.87. The number of phenols is 1. The van der Waals surface area contributed by atoms with Crippen LogP contribution in [0.2, 0.25) is 0 Å². The zero-order valence-electron chi connectivity index (χ0n) is 19.8. The first-order valence-electron chi connectivity index (χ1n) is 11.2. The molecule has 8 nitrogen and oxygen atoms in total. The lowest BCUT2D eigenvalue weighted by molar-refractivity contribution is -0.274. The highest BCUT2D eigenvalue weighted by Gasteiger charge is 2.30. The van der Waals surface area contributed by atoms with Gasteiger partial charge >= 0.3 is 12.4 Å². The minimum absolute atomic E-state index is 0.0582. The molecule has 37 heavy (non-hydrogen) atoms. The molecule has 3 aromatic carbocycles. The number of nitrogens with one attached hydrogen (secondary N) is 3. The number of carbonyl (C=O) groups is 1. The van der Waals surface area contributed by atoms with Crippen molar-refractivity contribution in [1.29, 1.82) is 0 Å². The van der Waals surface area contributed by atoms with E-state index in [1.165, 1.54) is 30.3 Å². The van der Waals surface area contributed by atoms with Crippen molar-refractivity contribution in [2.45, 2.75) is 32.0 Å². The van der Waals surface area contributed by atoms with Gasteiger partial charge in [0.05, 0.1) is 11.9 Å². The summed E-state index contributed by atoms with van der Waals surface area (Å²) in [7, 11) is -3.60. The lowest BCUT2D eigenvalue weighted by atomic mass is 10.0. The molecule has 3 aromatic rings. The number of halogens is 3. The molecule has 0 radical (unpaired) electrons. The van der Waals surface area contributed by atoms with Crippen LogP contribution in [0.3, 0.4) is 0 Å². The summed E-state index contributed by atoms with van der Waals surface area (Å²) in [5, 5.41) is 15.0. The molecule has 0 heterocycles. The van der Waals surface area contributed by atoms with E-state index in [-0.39, 0.29) is 22.9 Å². The number of hydrogen-bond acceptors (Lipinski definition) is 5. The van der Waals surface area contributed by atoms with Gasteiger partial charge in [0, 0.05) is 11.4 Å². The number of hydrogen-bond donors (Lipinski definition) is 4. The third kappa shape index (κ3) is 9.92. The Bertz CT molecular complexity index is 1310. The van der Waals surface area contributed by atoms with Gasteiger partial charge in [-0.15, -0.1) is 13.2 Å². The van der Waals surface area contributed by atoms with Gasteiger partial charge in [-0.05, 0) is 79.3 Å². The van der Waals surface area contributed by atoms with Crippen molar-refractivity contribution in [3.63, 3.8) is 0 Å². The third-order valence-electron chi connectivity index (χ3n) is 5.10. The van der Waals surface area contributed by atoms with Crippen LogP contribution >= 0.6 is 0 Å². The molecule has 0 spiro atoms. The number of benzene rings is 3. The maximum atomic E-state index is 12.3. The van der Waals surface area contributed by atoms with E-state index in [0.717, 1.165) is 43.1 Å². The molecule has 0 aromatic heterocycles. The monoisotopic (exact) mass is 537 g/mol. The van der Waals surface area contributed by atoms with Crippen LogP contribution in [0.25, 0.3) is 0 Å². The number of urea groups is 1. The first-order chi connectivity index (χ1) is 17.4. The highest BCUT2D eigenvalue weighted by atomic mass is 32.2. The van der Waals surface area contributed by atoms with Crippen molar-refractivity contribution in [3.05, 3.63) is 77.9 Å². The summed E-state index contributed by atoms with van der Waals surface area (Å²) in [5.74, 6) is -0.518. The van der Waals surface area contributed by atoms with E-state index in [0.29, 0.717) is 5.69 Å². The fraction of sp³-hybridized carbons (Fsp3) is 0.240. The first kappa shape index (κ1) is 27.7. The number of alkyl halides is 3. The zero-order valence-corrected chi connectivity index (χ0v) is 20.6. The minimum Gasteiger partial charge on any atom is -0.506 e. The van der Waals surface area contributed by atoms with E-state index in [9.17, 15) is 31.5 Å². The lowest BCUT2D eigenvalue weighted by Crippen LogP contribution is -2.19. The Balaban J connectivity index is 1.43. The third-order valence-corrected chi connectivity index (χ3v) is 5.69. The summed E-state index contributed by atoms with van der Waals surface area (Å²) in [5.41, 5.74) is 2.76. The molecule has 0 fully saturated rings. The van der Waals surface area contributed by atoms with Crippen molar-refractivity contribution >= 4 is 33.1 Å². The Labute approximate surface area is 212 Å². The van der Waals surface area contributed by atoms with Crippen LogP contribution in [0.1, 0.15) is 24.0 Å². The van der Waals surface area contributed by atoms with Gasteiger partial charge in [-0.25, -0.2) is 13.2 Å². The van der Waals surface area contributed by atoms with Crippen LogP contribution in [0.4, 0.5) is 35.0 Å². The molecule has 3 rings (SSSR count). The minimum atomic E-state index is -4.70. The molecule has 0 aliphatic carbocycles. The molecule has 0 saturated heterocycles. The van der Waals surface area contributed by atoms with Crippen LogP contribution in [0.15, 0.2) is 66.7 Å². The molecule has 0 aliphatic rings. The van der Waals surface area contributed by atoms with Gasteiger partial charge in [0.1, 0.15) is 11.5 Å². The van der Waals surface area contributed by atoms with E-state index in [1.807, 2.05) is 12.1 Å². The average molecular weight is 538 g/mol. The lowest BCUT2D eigenvalue weighted by Gasteiger charge is -2.11. The second-order valence-electron chi connectivity index (χ2n) is 8.28. The van der Waals surface area contributed by atoms with Crippen LogP contribution < -0.4 is 20.1 Å². The molecule has 12 heteroatoms. The topological polar surface area (TPSA) is 117 Å². The summed E-state index contributed by atoms with van der Waals surface area (Å²) in [6, 6.07) is 16.5. The van der Waals surface area contributed by atoms with E-state index in [1.54, 1.807) is 24.3 Å². The number of sulfonamides is 1. The zero-order chi connectivity index (χ0) is 27.1. The van der Waals surface area contributed by atoms with Crippen molar-refractivity contribution < 1.29 is 36.2 Å². The van der Waals surface area contributed by atoms with Crippen LogP contribution in [-0.4, -0.2) is 32.2 Å². The smallest absolute Gasteiger partial charge is 0.506 e. The molecule has 4 N–H and O–H groups in total. The Morgan fingerprint density at radius 3 is 1.92 bits per heavy atom. The van der Waals surface area contributed by atoms with Crippen molar-refractivity contribution in [2.75, 3.05) is 21.6 Å². The van der Waals surface area contributed by atoms with Gasteiger partial charge in [0.25, 0.3) is 0 Å². The number of aromatic hydroxyl groups is 1. The number of amides is 2. The standard InChI is InChI=1S/C25H26F3N3O5S/c1-37(34,35)31-22-16-20(12-15-23(22)32)30-24(33)29-19-10-6-17(7-11-19)4-2-3-5-18-8-13-21(14-9-18)36-25(26,27)28/h6-16,31-32H,2-5H2,1H3,(H2,29,30,33). The van der Waals surface area contributed by atoms with Gasteiger partial charge in [-0.3, -0.25) is 4.72 Å². The Morgan fingerprint density at radius 2 is 1.38 bits per heavy atom. The molecule has 0 atom stereocenters. The molecule has 0 aliphatic heterocycles. The van der Waals surface area contributed by atoms with Gasteiger partial charge in [-0.1, -0.05) is 24.3 Å². The largest absolute Gasteiger partial charge is 0.573 e. The molecular formula is C25H26F3N3O5S. The van der Waals surface area contributed by atoms with Crippen LogP contribution in [-0.2, 0) is 22.9 Å². The van der Waals surface area contributed by atoms with Crippen LogP contribution in [0.5, 0.6) is 11.5 Å². The molecule has 0 unspecified atom stereocenters. The first-order valence-corrected chi connectivity index (χ1v) is 13.1. The molecule has 2 amide bonds. The van der Waals surface area contributed by atoms with E-state index < -0.39 is 22.4 Å². The number of phenolic OH excluding ortho intramolecular Hbond substituents is 1. The predicted molar refractivity (Wildman–Crippen MR) is 135 cm³/mol. The SMILES string of the molecule is CS(=O)(=O)Nc1cc(NC(=O)Nc2ccc(CCCCc3ccc(OC(F)(F)F)cc3)cc2)ccc1O. The van der Waals surface area contributed by atoms with E-state index >= 15 is 0 Å². The predicted octanol–water partition coefficient (Wildman–Crippen LogP) is 5.87. The van der Waals surface area contributed by atoms with Crippen LogP contribution in [0, 0.1) is 0 Å². The van der Waals surface area contributed by atoms with Gasteiger partial charge in [0.15, 0.2) is 0 Å². The van der Waals surface area contributed by atoms with Gasteiger partial charge < -0.3 is 20.5 Å². The van der Waals surface area contributed by atoms with E-state index in [2.05, 4.69) is 20.1 Å². The van der Waals surface area contributed by atoms with E-state index in [4.69, 9.17) is 0 Å². The van der Waals surface area contributed by atoms with Gasteiger partial charge in [0.2, 0.25) is 10.0 Å². The Hall–Kier alpha value is -3.93. The number of rotatable bonds is 10. The number of ether oxygens (including phenoxy) is 1. The normalized spacial score (nSPS) is 11.6. The molecule has 198 valence electrons. The number of unbranched alkanes of at least 4 members (excludes halogenated alkanes) is 1. The number of anilines is 3. The number of carbonyl (C=O) groups excluding carboxylic acids is 1. The van der Waals surface area contributed by atoms with Crippen molar-refractivity contribution in [3.8, 4) is 11.5 Å². The summed E-state index contributed by atoms with van der Waals surface area (Å²) in [4.78, 5) is 12.3. The molecule has 0 bridgehead atoms. The second kappa shape index (κ2) is 11.9. The Morgan fingerprint density at radius 1 is 0.865 bits per heavy atom. The number of aryl methyl sites for hydroxylation is 2. The summed E-state index contributed by atoms with van der Waals surface area (Å²) in [6.07, 6.45) is -0.506. The summed E-state index contributed by atoms with van der Waals surface area (Å²) in [6.45, 7) is 0. The summed E-state index contributed by atoms with van der Waals surface area (Å²) < 4.78 is 65.5. The van der Waals surface area contributed by atoms with Crippen molar-refractivity contribution in [2.24, 2.45) is 0 Å². The highest BCUT2D eigenvalue weighted by molar-refractivity contribution is 7.92. The van der Waals surface area contributed by atoms with Gasteiger partial charge in [-0.2, -0.15) is 0 Å². The fourth-order valence-electron chi connectivity index (χ4n) is 3.46.